The first kappa shape index (κ1) is 28.7. The molecule has 3 aromatic carbocycles. The van der Waals surface area contributed by atoms with Crippen molar-refractivity contribution < 1.29 is 19.1 Å². The summed E-state index contributed by atoms with van der Waals surface area (Å²) >= 11 is 12.2. The number of carbonyl (C=O) groups is 2. The molecule has 7 heteroatoms. The van der Waals surface area contributed by atoms with Crippen molar-refractivity contribution in [3.63, 3.8) is 0 Å². The van der Waals surface area contributed by atoms with Crippen molar-refractivity contribution in [2.45, 2.75) is 52.1 Å². The zero-order valence-corrected chi connectivity index (χ0v) is 23.6. The fourth-order valence-corrected chi connectivity index (χ4v) is 5.13. The number of hydrogen-bond acceptors (Lipinski definition) is 4. The Labute approximate surface area is 240 Å². The molecule has 0 bridgehead atoms. The maximum Gasteiger partial charge on any atom is 0.338 e. The summed E-state index contributed by atoms with van der Waals surface area (Å²) in [5, 5.41) is 3.58. The van der Waals surface area contributed by atoms with E-state index in [1.54, 1.807) is 13.0 Å². The number of nitrogens with one attached hydrogen (secondary N) is 1. The standard InChI is InChI=1S/C32H33Cl2NO4/c1-2-38-32(37)24-17-23(18-26(19-24)35-31(36)13-6-7-16-33)27-11-8-12-28(27)29-20-25(34)14-15-30(29)39-21-22-9-4-3-5-10-22/h3-5,9-10,14-15,17-20H,2,6-8,11-13,16,21H2,1H3,(H,35,36). The van der Waals surface area contributed by atoms with Gasteiger partial charge in [0.2, 0.25) is 5.91 Å². The highest BCUT2D eigenvalue weighted by molar-refractivity contribution is 6.30. The van der Waals surface area contributed by atoms with E-state index in [-0.39, 0.29) is 12.5 Å². The van der Waals surface area contributed by atoms with Crippen LogP contribution in [-0.4, -0.2) is 24.4 Å². The van der Waals surface area contributed by atoms with Crippen LogP contribution < -0.4 is 10.1 Å². The van der Waals surface area contributed by atoms with E-state index in [4.69, 9.17) is 32.7 Å². The molecule has 0 saturated carbocycles. The minimum atomic E-state index is -0.424. The molecule has 204 valence electrons. The van der Waals surface area contributed by atoms with E-state index in [1.807, 2.05) is 60.7 Å². The van der Waals surface area contributed by atoms with Crippen LogP contribution in [0.3, 0.4) is 0 Å². The van der Waals surface area contributed by atoms with Crippen molar-refractivity contribution in [1.29, 1.82) is 0 Å². The van der Waals surface area contributed by atoms with Gasteiger partial charge in [0.05, 0.1) is 12.2 Å². The third-order valence-corrected chi connectivity index (χ3v) is 7.09. The Balaban J connectivity index is 1.70. The van der Waals surface area contributed by atoms with Gasteiger partial charge < -0.3 is 14.8 Å². The Morgan fingerprint density at radius 3 is 2.51 bits per heavy atom. The summed E-state index contributed by atoms with van der Waals surface area (Å²) in [7, 11) is 0. The Morgan fingerprint density at radius 2 is 1.74 bits per heavy atom. The van der Waals surface area contributed by atoms with Gasteiger partial charge in [0, 0.05) is 28.6 Å². The number of esters is 1. The Hall–Kier alpha value is -3.28. The molecule has 3 aromatic rings. The third kappa shape index (κ3) is 7.87. The number of alkyl halides is 1. The highest BCUT2D eigenvalue weighted by Gasteiger charge is 2.23. The van der Waals surface area contributed by atoms with Crippen LogP contribution in [0.4, 0.5) is 5.69 Å². The average Bonchev–Trinajstić information content (AvgIpc) is 3.43. The summed E-state index contributed by atoms with van der Waals surface area (Å²) in [5.74, 6) is 0.741. The summed E-state index contributed by atoms with van der Waals surface area (Å²) in [6.07, 6.45) is 4.48. The maximum absolute atomic E-state index is 12.7. The first-order chi connectivity index (χ1) is 19.0. The van der Waals surface area contributed by atoms with E-state index >= 15 is 0 Å². The molecule has 1 amide bonds. The normalized spacial score (nSPS) is 12.9. The Bertz CT molecular complexity index is 1340. The van der Waals surface area contributed by atoms with Crippen LogP contribution >= 0.6 is 23.2 Å². The van der Waals surface area contributed by atoms with E-state index < -0.39 is 5.97 Å². The molecule has 0 atom stereocenters. The second-order valence-corrected chi connectivity index (χ2v) is 10.3. The number of unbranched alkanes of at least 4 members (excludes halogenated alkanes) is 1. The van der Waals surface area contributed by atoms with E-state index in [0.29, 0.717) is 41.6 Å². The topological polar surface area (TPSA) is 64.6 Å². The summed E-state index contributed by atoms with van der Waals surface area (Å²) in [6.45, 7) is 2.48. The predicted octanol–water partition coefficient (Wildman–Crippen LogP) is 8.54. The predicted molar refractivity (Wildman–Crippen MR) is 158 cm³/mol. The SMILES string of the molecule is CCOC(=O)c1cc(NC(=O)CCCCCl)cc(C2=C(c3cc(Cl)ccc3OCc3ccccc3)CCC2)c1. The quantitative estimate of drug-likeness (QED) is 0.136. The average molecular weight is 567 g/mol. The molecular weight excluding hydrogens is 533 g/mol. The molecule has 5 nitrogen and oxygen atoms in total. The van der Waals surface area contributed by atoms with Crippen LogP contribution in [-0.2, 0) is 16.1 Å². The number of rotatable bonds is 12. The molecule has 0 fully saturated rings. The number of amides is 1. The number of ether oxygens (including phenoxy) is 2. The summed E-state index contributed by atoms with van der Waals surface area (Å²) in [6, 6.07) is 21.1. The zero-order chi connectivity index (χ0) is 27.6. The number of hydrogen-bond donors (Lipinski definition) is 1. The largest absolute Gasteiger partial charge is 0.488 e. The second kappa shape index (κ2) is 14.2. The number of carbonyl (C=O) groups excluding carboxylic acids is 2. The van der Waals surface area contributed by atoms with Gasteiger partial charge in [0.15, 0.2) is 0 Å². The van der Waals surface area contributed by atoms with Crippen molar-refractivity contribution in [2.75, 3.05) is 17.8 Å². The van der Waals surface area contributed by atoms with Crippen LogP contribution in [0.15, 0.2) is 66.7 Å². The summed E-state index contributed by atoms with van der Waals surface area (Å²) < 4.78 is 11.5. The van der Waals surface area contributed by atoms with Gasteiger partial charge in [0.25, 0.3) is 0 Å². The number of benzene rings is 3. The van der Waals surface area contributed by atoms with Crippen LogP contribution in [0.25, 0.3) is 11.1 Å². The summed E-state index contributed by atoms with van der Waals surface area (Å²) in [5.41, 5.74) is 6.09. The van der Waals surface area contributed by atoms with Gasteiger partial charge in [-0.05, 0) is 97.7 Å². The smallest absolute Gasteiger partial charge is 0.338 e. The Morgan fingerprint density at radius 1 is 0.949 bits per heavy atom. The van der Waals surface area contributed by atoms with Gasteiger partial charge >= 0.3 is 5.97 Å². The van der Waals surface area contributed by atoms with Gasteiger partial charge in [-0.1, -0.05) is 41.9 Å². The second-order valence-electron chi connectivity index (χ2n) is 9.44. The molecule has 0 aromatic heterocycles. The molecule has 0 radical (unpaired) electrons. The van der Waals surface area contributed by atoms with Crippen LogP contribution in [0.2, 0.25) is 5.02 Å². The van der Waals surface area contributed by atoms with Crippen molar-refractivity contribution in [3.8, 4) is 5.75 Å². The van der Waals surface area contributed by atoms with E-state index in [1.165, 1.54) is 0 Å². The minimum Gasteiger partial charge on any atom is -0.488 e. The molecule has 0 saturated heterocycles. The van der Waals surface area contributed by atoms with E-state index in [9.17, 15) is 9.59 Å². The van der Waals surface area contributed by atoms with Crippen molar-refractivity contribution in [3.05, 3.63) is 94.0 Å². The lowest BCUT2D eigenvalue weighted by molar-refractivity contribution is -0.116. The third-order valence-electron chi connectivity index (χ3n) is 6.59. The first-order valence-electron chi connectivity index (χ1n) is 13.4. The van der Waals surface area contributed by atoms with Crippen molar-refractivity contribution in [2.24, 2.45) is 0 Å². The van der Waals surface area contributed by atoms with Gasteiger partial charge in [-0.25, -0.2) is 4.79 Å². The lowest BCUT2D eigenvalue weighted by Crippen LogP contribution is -2.13. The van der Waals surface area contributed by atoms with Crippen molar-refractivity contribution in [1.82, 2.24) is 0 Å². The molecule has 1 N–H and O–H groups in total. The van der Waals surface area contributed by atoms with Crippen molar-refractivity contribution >= 4 is 51.9 Å². The fourth-order valence-electron chi connectivity index (χ4n) is 4.77. The molecule has 0 aliphatic heterocycles. The van der Waals surface area contributed by atoms with E-state index in [2.05, 4.69) is 5.32 Å². The lowest BCUT2D eigenvalue weighted by Gasteiger charge is -2.16. The van der Waals surface area contributed by atoms with Crippen LogP contribution in [0.1, 0.15) is 72.5 Å². The van der Waals surface area contributed by atoms with Gasteiger partial charge in [-0.15, -0.1) is 11.6 Å². The first-order valence-corrected chi connectivity index (χ1v) is 14.3. The molecule has 0 spiro atoms. The van der Waals surface area contributed by atoms with Crippen LogP contribution in [0, 0.1) is 0 Å². The highest BCUT2D eigenvalue weighted by atomic mass is 35.5. The molecule has 1 aliphatic rings. The van der Waals surface area contributed by atoms with Gasteiger partial charge in [0.1, 0.15) is 12.4 Å². The highest BCUT2D eigenvalue weighted by Crippen LogP contribution is 2.44. The number of anilines is 1. The molecule has 0 unspecified atom stereocenters. The number of halogens is 2. The fraction of sp³-hybridized carbons (Fsp3) is 0.312. The lowest BCUT2D eigenvalue weighted by atomic mass is 9.94. The van der Waals surface area contributed by atoms with Crippen LogP contribution in [0.5, 0.6) is 5.75 Å². The Kier molecular flexibility index (Phi) is 10.5. The minimum absolute atomic E-state index is 0.112. The molecule has 4 rings (SSSR count). The van der Waals surface area contributed by atoms with Gasteiger partial charge in [-0.2, -0.15) is 0 Å². The molecule has 0 heterocycles. The monoisotopic (exact) mass is 565 g/mol. The zero-order valence-electron chi connectivity index (χ0n) is 22.1. The van der Waals surface area contributed by atoms with Gasteiger partial charge in [-0.3, -0.25) is 4.79 Å². The number of allylic oxidation sites excluding steroid dienone is 2. The molecule has 1 aliphatic carbocycles. The summed E-state index contributed by atoms with van der Waals surface area (Å²) in [4.78, 5) is 25.3. The molecular formula is C32H33Cl2NO4. The van der Waals surface area contributed by atoms with E-state index in [0.717, 1.165) is 59.3 Å². The molecule has 39 heavy (non-hydrogen) atoms. The maximum atomic E-state index is 12.7.